The molecular formula is C23H23N5O4. The van der Waals surface area contributed by atoms with Gasteiger partial charge in [0.05, 0.1) is 11.9 Å². The highest BCUT2D eigenvalue weighted by atomic mass is 16.7. The van der Waals surface area contributed by atoms with Crippen LogP contribution < -0.4 is 15.2 Å². The third-order valence-corrected chi connectivity index (χ3v) is 5.85. The second kappa shape index (κ2) is 7.92. The van der Waals surface area contributed by atoms with Crippen molar-refractivity contribution < 1.29 is 19.1 Å². The number of piperazine rings is 1. The summed E-state index contributed by atoms with van der Waals surface area (Å²) in [5.74, 6) is 1.24. The fourth-order valence-corrected chi connectivity index (χ4v) is 4.01. The van der Waals surface area contributed by atoms with Gasteiger partial charge in [0.25, 0.3) is 11.8 Å². The Labute approximate surface area is 184 Å². The van der Waals surface area contributed by atoms with E-state index in [0.717, 1.165) is 11.3 Å². The van der Waals surface area contributed by atoms with Crippen molar-refractivity contribution in [3.05, 3.63) is 65.4 Å². The topological polar surface area (TPSA) is 103 Å². The van der Waals surface area contributed by atoms with E-state index in [-0.39, 0.29) is 18.6 Å². The van der Waals surface area contributed by atoms with Crippen LogP contribution >= 0.6 is 0 Å². The van der Waals surface area contributed by atoms with Crippen LogP contribution in [0.15, 0.2) is 48.7 Å². The van der Waals surface area contributed by atoms with Gasteiger partial charge in [0, 0.05) is 31.7 Å². The van der Waals surface area contributed by atoms with Crippen LogP contribution in [-0.2, 0) is 0 Å². The number of aryl methyl sites for hydroxylation is 1. The number of amides is 2. The molecule has 2 N–H and O–H groups in total. The number of rotatable bonds is 3. The van der Waals surface area contributed by atoms with Gasteiger partial charge < -0.3 is 25.0 Å². The fourth-order valence-electron chi connectivity index (χ4n) is 4.01. The predicted octanol–water partition coefficient (Wildman–Crippen LogP) is 2.09. The molecular weight excluding hydrogens is 410 g/mol. The van der Waals surface area contributed by atoms with Crippen LogP contribution in [0.5, 0.6) is 11.5 Å². The molecule has 0 atom stereocenters. The number of carbonyl (C=O) groups is 2. The lowest BCUT2D eigenvalue weighted by molar-refractivity contribution is 0.0536. The van der Waals surface area contributed by atoms with Crippen LogP contribution in [0.2, 0.25) is 0 Å². The van der Waals surface area contributed by atoms with Gasteiger partial charge in [-0.05, 0) is 36.8 Å². The zero-order valence-electron chi connectivity index (χ0n) is 17.7. The summed E-state index contributed by atoms with van der Waals surface area (Å²) >= 11 is 0. The summed E-state index contributed by atoms with van der Waals surface area (Å²) in [5, 5.41) is 4.33. The Morgan fingerprint density at radius 2 is 1.62 bits per heavy atom. The molecule has 1 aromatic heterocycles. The third kappa shape index (κ3) is 3.41. The minimum absolute atomic E-state index is 0.0951. The maximum absolute atomic E-state index is 13.1. The number of nitrogens with zero attached hydrogens (tertiary/aromatic N) is 4. The second-order valence-corrected chi connectivity index (χ2v) is 7.79. The standard InChI is InChI=1S/C23H23N5O4/c1-15-4-2-3-5-18(15)28-21(24)17(13-25-28)23(30)27-10-8-26(9-11-27)22(29)16-6-7-19-20(12-16)32-14-31-19/h2-7,12-13H,8-11,14,24H2,1H3. The van der Waals surface area contributed by atoms with Gasteiger partial charge in [-0.3, -0.25) is 9.59 Å². The molecule has 2 amide bonds. The Balaban J connectivity index is 1.26. The molecule has 1 fully saturated rings. The number of aromatic nitrogens is 2. The monoisotopic (exact) mass is 433 g/mol. The summed E-state index contributed by atoms with van der Waals surface area (Å²) in [6.45, 7) is 3.84. The summed E-state index contributed by atoms with van der Waals surface area (Å²) in [5.41, 5.74) is 9.03. The van der Waals surface area contributed by atoms with Crippen LogP contribution in [0.1, 0.15) is 26.3 Å². The molecule has 0 aliphatic carbocycles. The Hall–Kier alpha value is -4.01. The molecule has 2 aromatic carbocycles. The fraction of sp³-hybridized carbons (Fsp3) is 0.261. The van der Waals surface area contributed by atoms with E-state index in [0.29, 0.717) is 54.6 Å². The van der Waals surface area contributed by atoms with Gasteiger partial charge in [0.2, 0.25) is 6.79 Å². The molecule has 9 nitrogen and oxygen atoms in total. The molecule has 0 radical (unpaired) electrons. The van der Waals surface area contributed by atoms with Crippen molar-refractivity contribution in [2.45, 2.75) is 6.92 Å². The quantitative estimate of drug-likeness (QED) is 0.679. The van der Waals surface area contributed by atoms with Crippen LogP contribution in [0.4, 0.5) is 5.82 Å². The number of benzene rings is 2. The van der Waals surface area contributed by atoms with E-state index in [9.17, 15) is 9.59 Å². The molecule has 5 rings (SSSR count). The number of ether oxygens (including phenoxy) is 2. The van der Waals surface area contributed by atoms with Crippen LogP contribution in [0.3, 0.4) is 0 Å². The van der Waals surface area contributed by atoms with Crippen LogP contribution in [0.25, 0.3) is 5.69 Å². The van der Waals surface area contributed by atoms with Crippen molar-refractivity contribution >= 4 is 17.6 Å². The van der Waals surface area contributed by atoms with Gasteiger partial charge in [-0.15, -0.1) is 0 Å². The van der Waals surface area contributed by atoms with Crippen LogP contribution in [-0.4, -0.2) is 64.4 Å². The average molecular weight is 433 g/mol. The van der Waals surface area contributed by atoms with E-state index in [4.69, 9.17) is 15.2 Å². The molecule has 2 aliphatic heterocycles. The van der Waals surface area contributed by atoms with Gasteiger partial charge in [-0.2, -0.15) is 5.10 Å². The summed E-state index contributed by atoms with van der Waals surface area (Å²) in [7, 11) is 0. The number of anilines is 1. The zero-order chi connectivity index (χ0) is 22.2. The molecule has 1 saturated heterocycles. The SMILES string of the molecule is Cc1ccccc1-n1ncc(C(=O)N2CCN(C(=O)c3ccc4c(c3)OCO4)CC2)c1N. The lowest BCUT2D eigenvalue weighted by Gasteiger charge is -2.34. The first-order chi connectivity index (χ1) is 15.5. The maximum Gasteiger partial charge on any atom is 0.259 e. The number of para-hydroxylation sites is 1. The number of nitrogen functional groups attached to an aromatic ring is 1. The number of hydrogen-bond donors (Lipinski definition) is 1. The summed E-state index contributed by atoms with van der Waals surface area (Å²) in [6, 6.07) is 12.9. The first-order valence-electron chi connectivity index (χ1n) is 10.4. The molecule has 0 spiro atoms. The summed E-state index contributed by atoms with van der Waals surface area (Å²) in [4.78, 5) is 29.4. The maximum atomic E-state index is 13.1. The minimum atomic E-state index is -0.183. The van der Waals surface area contributed by atoms with Crippen molar-refractivity contribution in [1.82, 2.24) is 19.6 Å². The molecule has 2 aliphatic rings. The van der Waals surface area contributed by atoms with E-state index in [1.807, 2.05) is 31.2 Å². The molecule has 0 bridgehead atoms. The zero-order valence-corrected chi connectivity index (χ0v) is 17.7. The molecule has 32 heavy (non-hydrogen) atoms. The van der Waals surface area contributed by atoms with E-state index in [2.05, 4.69) is 5.10 Å². The molecule has 164 valence electrons. The van der Waals surface area contributed by atoms with Gasteiger partial charge in [-0.25, -0.2) is 4.68 Å². The smallest absolute Gasteiger partial charge is 0.259 e. The van der Waals surface area contributed by atoms with Gasteiger partial charge >= 0.3 is 0 Å². The van der Waals surface area contributed by atoms with E-state index in [1.165, 1.54) is 6.20 Å². The molecule has 3 heterocycles. The number of hydrogen-bond acceptors (Lipinski definition) is 6. The second-order valence-electron chi connectivity index (χ2n) is 7.79. The van der Waals surface area contributed by atoms with Crippen LogP contribution in [0, 0.1) is 6.92 Å². The van der Waals surface area contributed by atoms with Crippen molar-refractivity contribution in [3.63, 3.8) is 0 Å². The number of nitrogens with two attached hydrogens (primary N) is 1. The van der Waals surface area contributed by atoms with E-state index in [1.54, 1.807) is 32.7 Å². The Morgan fingerprint density at radius 1 is 0.938 bits per heavy atom. The molecule has 9 heteroatoms. The van der Waals surface area contributed by atoms with Crippen molar-refractivity contribution in [1.29, 1.82) is 0 Å². The van der Waals surface area contributed by atoms with Gasteiger partial charge in [0.1, 0.15) is 11.4 Å². The van der Waals surface area contributed by atoms with E-state index >= 15 is 0 Å². The number of fused-ring (bicyclic) bond motifs is 1. The third-order valence-electron chi connectivity index (χ3n) is 5.85. The first kappa shape index (κ1) is 19.9. The Bertz CT molecular complexity index is 1200. The lowest BCUT2D eigenvalue weighted by atomic mass is 10.1. The summed E-state index contributed by atoms with van der Waals surface area (Å²) in [6.07, 6.45) is 1.51. The number of carbonyl (C=O) groups excluding carboxylic acids is 2. The summed E-state index contributed by atoms with van der Waals surface area (Å²) < 4.78 is 12.2. The largest absolute Gasteiger partial charge is 0.454 e. The Morgan fingerprint density at radius 3 is 2.38 bits per heavy atom. The highest BCUT2D eigenvalue weighted by molar-refractivity contribution is 5.99. The predicted molar refractivity (Wildman–Crippen MR) is 117 cm³/mol. The average Bonchev–Trinajstić information content (AvgIpc) is 3.44. The lowest BCUT2D eigenvalue weighted by Crippen LogP contribution is -2.50. The van der Waals surface area contributed by atoms with Crippen molar-refractivity contribution in [2.75, 3.05) is 38.7 Å². The van der Waals surface area contributed by atoms with Crippen molar-refractivity contribution in [3.8, 4) is 17.2 Å². The molecule has 0 unspecified atom stereocenters. The molecule has 3 aromatic rings. The normalized spacial score (nSPS) is 15.2. The minimum Gasteiger partial charge on any atom is -0.454 e. The highest BCUT2D eigenvalue weighted by Crippen LogP contribution is 2.33. The van der Waals surface area contributed by atoms with E-state index < -0.39 is 0 Å². The van der Waals surface area contributed by atoms with Crippen molar-refractivity contribution in [2.24, 2.45) is 0 Å². The van der Waals surface area contributed by atoms with Gasteiger partial charge in [-0.1, -0.05) is 18.2 Å². The first-order valence-corrected chi connectivity index (χ1v) is 10.4. The Kier molecular flexibility index (Phi) is 4.93. The molecule has 0 saturated carbocycles. The van der Waals surface area contributed by atoms with Gasteiger partial charge in [0.15, 0.2) is 11.5 Å². The highest BCUT2D eigenvalue weighted by Gasteiger charge is 2.28.